The SMILES string of the molecule is NCC(=O)NCC(=O)c1cnc(C[C@H](N)C(=O)O)[nH]1. The third-order valence-corrected chi connectivity index (χ3v) is 2.29. The highest BCUT2D eigenvalue weighted by molar-refractivity contribution is 5.97. The van der Waals surface area contributed by atoms with Crippen molar-refractivity contribution in [1.29, 1.82) is 0 Å². The lowest BCUT2D eigenvalue weighted by molar-refractivity contribution is -0.138. The van der Waals surface area contributed by atoms with Crippen molar-refractivity contribution in [3.8, 4) is 0 Å². The van der Waals surface area contributed by atoms with E-state index in [4.69, 9.17) is 16.6 Å². The Kier molecular flexibility index (Phi) is 5.15. The number of rotatable bonds is 7. The number of carboxylic acids is 1. The summed E-state index contributed by atoms with van der Waals surface area (Å²) in [6, 6.07) is -1.09. The van der Waals surface area contributed by atoms with Crippen molar-refractivity contribution in [2.45, 2.75) is 12.5 Å². The molecule has 0 aliphatic carbocycles. The van der Waals surface area contributed by atoms with Crippen LogP contribution in [0.5, 0.6) is 0 Å². The van der Waals surface area contributed by atoms with Crippen LogP contribution in [0.15, 0.2) is 6.20 Å². The molecule has 1 heterocycles. The lowest BCUT2D eigenvalue weighted by Crippen LogP contribution is -2.34. The number of nitrogens with two attached hydrogens (primary N) is 2. The summed E-state index contributed by atoms with van der Waals surface area (Å²) < 4.78 is 0. The molecular weight excluding hydrogens is 254 g/mol. The van der Waals surface area contributed by atoms with Gasteiger partial charge in [0, 0.05) is 6.42 Å². The number of hydrogen-bond donors (Lipinski definition) is 5. The van der Waals surface area contributed by atoms with Gasteiger partial charge in [-0.3, -0.25) is 14.4 Å². The molecule has 0 bridgehead atoms. The van der Waals surface area contributed by atoms with Crippen LogP contribution in [-0.2, 0) is 16.0 Å². The zero-order valence-electron chi connectivity index (χ0n) is 10.0. The molecule has 0 fully saturated rings. The molecule has 0 aliphatic heterocycles. The second-order valence-electron chi connectivity index (χ2n) is 3.80. The molecule has 1 amide bonds. The van der Waals surface area contributed by atoms with Gasteiger partial charge in [-0.15, -0.1) is 0 Å². The number of carbonyl (C=O) groups is 3. The Morgan fingerprint density at radius 2 is 2.16 bits per heavy atom. The fourth-order valence-corrected chi connectivity index (χ4v) is 1.25. The summed E-state index contributed by atoms with van der Waals surface area (Å²) in [5.41, 5.74) is 10.6. The summed E-state index contributed by atoms with van der Waals surface area (Å²) in [7, 11) is 0. The average molecular weight is 269 g/mol. The number of H-pyrrole nitrogens is 1. The largest absolute Gasteiger partial charge is 0.480 e. The van der Waals surface area contributed by atoms with E-state index in [1.54, 1.807) is 0 Å². The number of nitrogens with zero attached hydrogens (tertiary/aromatic N) is 1. The number of ketones is 1. The molecule has 1 aromatic rings. The quantitative estimate of drug-likeness (QED) is 0.345. The predicted molar refractivity (Wildman–Crippen MR) is 64.3 cm³/mol. The van der Waals surface area contributed by atoms with Crippen LogP contribution in [0.3, 0.4) is 0 Å². The van der Waals surface area contributed by atoms with Crippen molar-refractivity contribution in [2.75, 3.05) is 13.1 Å². The number of amides is 1. The molecule has 9 nitrogen and oxygen atoms in total. The normalized spacial score (nSPS) is 11.9. The van der Waals surface area contributed by atoms with Gasteiger partial charge in [-0.2, -0.15) is 0 Å². The number of hydrogen-bond acceptors (Lipinski definition) is 6. The van der Waals surface area contributed by atoms with E-state index in [0.717, 1.165) is 0 Å². The van der Waals surface area contributed by atoms with Crippen molar-refractivity contribution >= 4 is 17.7 Å². The Morgan fingerprint density at radius 1 is 1.47 bits per heavy atom. The molecule has 1 rings (SSSR count). The molecule has 19 heavy (non-hydrogen) atoms. The van der Waals surface area contributed by atoms with Gasteiger partial charge in [-0.25, -0.2) is 4.98 Å². The predicted octanol–water partition coefficient (Wildman–Crippen LogP) is -2.38. The number of Topliss-reactive ketones (excluding diaryl/α,β-unsaturated/α-hetero) is 1. The molecule has 0 radical (unpaired) electrons. The molecule has 0 saturated carbocycles. The third kappa shape index (κ3) is 4.48. The molecule has 0 aromatic carbocycles. The van der Waals surface area contributed by atoms with Gasteiger partial charge in [0.15, 0.2) is 5.78 Å². The lowest BCUT2D eigenvalue weighted by Gasteiger charge is -2.03. The number of aromatic nitrogens is 2. The summed E-state index contributed by atoms with van der Waals surface area (Å²) in [6.45, 7) is -0.405. The highest BCUT2D eigenvalue weighted by Crippen LogP contribution is 2.01. The maximum Gasteiger partial charge on any atom is 0.320 e. The minimum atomic E-state index is -1.15. The summed E-state index contributed by atoms with van der Waals surface area (Å²) in [4.78, 5) is 39.6. The second-order valence-corrected chi connectivity index (χ2v) is 3.80. The van der Waals surface area contributed by atoms with Crippen LogP contribution < -0.4 is 16.8 Å². The lowest BCUT2D eigenvalue weighted by atomic mass is 10.2. The van der Waals surface area contributed by atoms with Crippen molar-refractivity contribution in [3.05, 3.63) is 17.7 Å². The first-order chi connectivity index (χ1) is 8.93. The summed E-state index contributed by atoms with van der Waals surface area (Å²) in [5, 5.41) is 11.0. The van der Waals surface area contributed by atoms with E-state index in [0.29, 0.717) is 5.82 Å². The van der Waals surface area contributed by atoms with Crippen LogP contribution in [0.1, 0.15) is 16.3 Å². The van der Waals surface area contributed by atoms with Crippen molar-refractivity contribution in [2.24, 2.45) is 11.5 Å². The highest BCUT2D eigenvalue weighted by Gasteiger charge is 2.16. The van der Waals surface area contributed by atoms with Crippen molar-refractivity contribution in [3.63, 3.8) is 0 Å². The molecule has 104 valence electrons. The van der Waals surface area contributed by atoms with E-state index in [1.807, 2.05) is 0 Å². The average Bonchev–Trinajstić information content (AvgIpc) is 2.83. The maximum absolute atomic E-state index is 11.6. The molecule has 7 N–H and O–H groups in total. The number of nitrogens with one attached hydrogen (secondary N) is 2. The Labute approximate surface area is 108 Å². The van der Waals surface area contributed by atoms with Gasteiger partial charge in [0.1, 0.15) is 17.6 Å². The molecule has 1 atom stereocenters. The first-order valence-electron chi connectivity index (χ1n) is 5.46. The standard InChI is InChI=1S/C10H15N5O4/c11-2-9(17)14-4-7(16)6-3-13-8(15-6)1-5(12)10(18)19/h3,5H,1-2,4,11-12H2,(H,13,15)(H,14,17)(H,18,19)/t5-/m0/s1. The fraction of sp³-hybridized carbons (Fsp3) is 0.400. The van der Waals surface area contributed by atoms with Crippen LogP contribution in [0, 0.1) is 0 Å². The van der Waals surface area contributed by atoms with E-state index in [1.165, 1.54) is 6.20 Å². The molecule has 1 aromatic heterocycles. The van der Waals surface area contributed by atoms with Gasteiger partial charge < -0.3 is 26.9 Å². The van der Waals surface area contributed by atoms with Crippen molar-refractivity contribution < 1.29 is 19.5 Å². The monoisotopic (exact) mass is 269 g/mol. The van der Waals surface area contributed by atoms with Crippen LogP contribution in [0.25, 0.3) is 0 Å². The van der Waals surface area contributed by atoms with Crippen LogP contribution in [0.4, 0.5) is 0 Å². The first kappa shape index (κ1) is 14.8. The zero-order valence-corrected chi connectivity index (χ0v) is 10.0. The third-order valence-electron chi connectivity index (χ3n) is 2.29. The van der Waals surface area contributed by atoms with E-state index in [2.05, 4.69) is 15.3 Å². The van der Waals surface area contributed by atoms with Crippen LogP contribution >= 0.6 is 0 Å². The minimum absolute atomic E-state index is 0.0161. The van der Waals surface area contributed by atoms with Gasteiger partial charge in [-0.1, -0.05) is 0 Å². The fourth-order valence-electron chi connectivity index (χ4n) is 1.25. The Morgan fingerprint density at radius 3 is 2.74 bits per heavy atom. The Bertz CT molecular complexity index is 484. The molecular formula is C10H15N5O4. The number of imidazole rings is 1. The molecule has 0 unspecified atom stereocenters. The molecule has 9 heteroatoms. The molecule has 0 spiro atoms. The topological polar surface area (TPSA) is 164 Å². The first-order valence-corrected chi connectivity index (χ1v) is 5.46. The van der Waals surface area contributed by atoms with E-state index < -0.39 is 17.9 Å². The van der Waals surface area contributed by atoms with Gasteiger partial charge in [0.25, 0.3) is 0 Å². The maximum atomic E-state index is 11.6. The summed E-state index contributed by atoms with van der Waals surface area (Å²) >= 11 is 0. The highest BCUT2D eigenvalue weighted by atomic mass is 16.4. The number of carbonyl (C=O) groups excluding carboxylic acids is 2. The van der Waals surface area contributed by atoms with Gasteiger partial charge >= 0.3 is 5.97 Å². The van der Waals surface area contributed by atoms with Crippen LogP contribution in [0.2, 0.25) is 0 Å². The number of aliphatic carboxylic acids is 1. The molecule has 0 saturated heterocycles. The summed E-state index contributed by atoms with van der Waals surface area (Å²) in [6.07, 6.45) is 1.25. The summed E-state index contributed by atoms with van der Waals surface area (Å²) in [5.74, 6) is -1.69. The van der Waals surface area contributed by atoms with Crippen molar-refractivity contribution in [1.82, 2.24) is 15.3 Å². The van der Waals surface area contributed by atoms with E-state index in [9.17, 15) is 14.4 Å². The van der Waals surface area contributed by atoms with Crippen LogP contribution in [-0.4, -0.2) is 51.9 Å². The number of aromatic amines is 1. The Hall–Kier alpha value is -2.26. The van der Waals surface area contributed by atoms with E-state index >= 15 is 0 Å². The molecule has 0 aliphatic rings. The zero-order chi connectivity index (χ0) is 14.4. The van der Waals surface area contributed by atoms with Gasteiger partial charge in [0.2, 0.25) is 5.91 Å². The smallest absolute Gasteiger partial charge is 0.320 e. The Balaban J connectivity index is 2.56. The number of carboxylic acid groups (broad SMARTS) is 1. The van der Waals surface area contributed by atoms with Gasteiger partial charge in [0.05, 0.1) is 19.3 Å². The minimum Gasteiger partial charge on any atom is -0.480 e. The van der Waals surface area contributed by atoms with E-state index in [-0.39, 0.29) is 31.0 Å². The van der Waals surface area contributed by atoms with Gasteiger partial charge in [-0.05, 0) is 0 Å². The second kappa shape index (κ2) is 6.61.